The summed E-state index contributed by atoms with van der Waals surface area (Å²) in [5.74, 6) is -0.167. The molecule has 2 rings (SSSR count). The third-order valence-corrected chi connectivity index (χ3v) is 2.93. The number of carbonyl (C=O) groups excluding carboxylic acids is 1. The molecule has 5 nitrogen and oxygen atoms in total. The van der Waals surface area contributed by atoms with E-state index in [9.17, 15) is 4.79 Å². The van der Waals surface area contributed by atoms with Gasteiger partial charge in [0.2, 0.25) is 5.28 Å². The second-order valence-electron chi connectivity index (χ2n) is 4.30. The average molecular weight is 265 g/mol. The van der Waals surface area contributed by atoms with E-state index in [2.05, 4.69) is 16.0 Å². The van der Waals surface area contributed by atoms with Gasteiger partial charge in [-0.15, -0.1) is 0 Å². The third kappa shape index (κ3) is 2.96. The molecule has 0 aliphatic heterocycles. The van der Waals surface area contributed by atoms with Crippen LogP contribution < -0.4 is 0 Å². The highest BCUT2D eigenvalue weighted by Gasteiger charge is 2.33. The van der Waals surface area contributed by atoms with E-state index >= 15 is 0 Å². The third-order valence-electron chi connectivity index (χ3n) is 2.76. The van der Waals surface area contributed by atoms with Gasteiger partial charge >= 0.3 is 0 Å². The lowest BCUT2D eigenvalue weighted by molar-refractivity contribution is 0.0740. The summed E-state index contributed by atoms with van der Waals surface area (Å²) in [4.78, 5) is 21.9. The van der Waals surface area contributed by atoms with Gasteiger partial charge in [0.25, 0.3) is 5.91 Å². The summed E-state index contributed by atoms with van der Waals surface area (Å²) in [6, 6.07) is 3.93. The first-order valence-corrected chi connectivity index (χ1v) is 6.18. The zero-order valence-corrected chi connectivity index (χ0v) is 10.8. The molecule has 0 N–H and O–H groups in total. The number of aryl methyl sites for hydroxylation is 1. The largest absolute Gasteiger partial charge is 0.333 e. The Morgan fingerprint density at radius 3 is 2.89 bits per heavy atom. The second-order valence-corrected chi connectivity index (χ2v) is 4.64. The molecule has 0 spiro atoms. The number of carbonyl (C=O) groups is 1. The van der Waals surface area contributed by atoms with Gasteiger partial charge in [0.05, 0.1) is 12.5 Å². The molecule has 0 radical (unpaired) electrons. The Labute approximate surface area is 110 Å². The van der Waals surface area contributed by atoms with Crippen LogP contribution >= 0.6 is 11.6 Å². The minimum atomic E-state index is -0.167. The van der Waals surface area contributed by atoms with Crippen LogP contribution in [0.4, 0.5) is 0 Å². The Bertz CT molecular complexity index is 487. The number of hydrogen-bond acceptors (Lipinski definition) is 4. The number of amides is 1. The topological polar surface area (TPSA) is 69.9 Å². The maximum absolute atomic E-state index is 12.3. The highest BCUT2D eigenvalue weighted by Crippen LogP contribution is 2.28. The Kier molecular flexibility index (Phi) is 3.78. The van der Waals surface area contributed by atoms with E-state index in [1.54, 1.807) is 17.9 Å². The van der Waals surface area contributed by atoms with Crippen LogP contribution in [0.25, 0.3) is 0 Å². The van der Waals surface area contributed by atoms with Crippen molar-refractivity contribution in [3.63, 3.8) is 0 Å². The summed E-state index contributed by atoms with van der Waals surface area (Å²) in [7, 11) is 0. The molecule has 1 heterocycles. The van der Waals surface area contributed by atoms with Crippen LogP contribution in [-0.2, 0) is 0 Å². The Morgan fingerprint density at radius 2 is 2.33 bits per heavy atom. The summed E-state index contributed by atoms with van der Waals surface area (Å²) < 4.78 is 0. The van der Waals surface area contributed by atoms with Crippen LogP contribution in [0, 0.1) is 18.3 Å². The maximum atomic E-state index is 12.3. The van der Waals surface area contributed by atoms with E-state index in [0.29, 0.717) is 24.4 Å². The molecule has 1 amide bonds. The van der Waals surface area contributed by atoms with Gasteiger partial charge < -0.3 is 4.90 Å². The molecule has 1 saturated carbocycles. The zero-order valence-electron chi connectivity index (χ0n) is 10.1. The van der Waals surface area contributed by atoms with Gasteiger partial charge in [-0.25, -0.2) is 9.97 Å². The molecular formula is C12H13ClN4O. The summed E-state index contributed by atoms with van der Waals surface area (Å²) in [6.45, 7) is 2.21. The fraction of sp³-hybridized carbons (Fsp3) is 0.500. The van der Waals surface area contributed by atoms with Crippen LogP contribution in [0.15, 0.2) is 6.07 Å². The number of rotatable bonds is 4. The van der Waals surface area contributed by atoms with E-state index in [0.717, 1.165) is 12.8 Å². The second kappa shape index (κ2) is 5.32. The van der Waals surface area contributed by atoms with Crippen LogP contribution in [0.3, 0.4) is 0 Å². The van der Waals surface area contributed by atoms with Crippen molar-refractivity contribution >= 4 is 17.5 Å². The number of aromatic nitrogens is 2. The number of halogens is 1. The minimum absolute atomic E-state index is 0.0781. The molecule has 18 heavy (non-hydrogen) atoms. The lowest BCUT2D eigenvalue weighted by atomic mass is 10.2. The fourth-order valence-corrected chi connectivity index (χ4v) is 2.02. The molecule has 1 aliphatic carbocycles. The predicted molar refractivity (Wildman–Crippen MR) is 66.1 cm³/mol. The predicted octanol–water partition coefficient (Wildman–Crippen LogP) is 1.96. The summed E-state index contributed by atoms with van der Waals surface area (Å²) >= 11 is 5.75. The zero-order chi connectivity index (χ0) is 13.1. The fourth-order valence-electron chi connectivity index (χ4n) is 1.80. The van der Waals surface area contributed by atoms with Crippen LogP contribution in [0.5, 0.6) is 0 Å². The van der Waals surface area contributed by atoms with Gasteiger partial charge in [0.15, 0.2) is 0 Å². The summed E-state index contributed by atoms with van der Waals surface area (Å²) in [6.07, 6.45) is 2.32. The first-order chi connectivity index (χ1) is 8.61. The van der Waals surface area contributed by atoms with Gasteiger partial charge in [0.1, 0.15) is 5.69 Å². The van der Waals surface area contributed by atoms with E-state index < -0.39 is 0 Å². The Balaban J connectivity index is 2.19. The van der Waals surface area contributed by atoms with Gasteiger partial charge in [-0.1, -0.05) is 0 Å². The molecule has 94 valence electrons. The standard InChI is InChI=1S/C12H13ClN4O/c1-8-7-10(16-12(13)15-8)11(18)17(6-2-5-14)9-3-4-9/h7,9H,2-4,6H2,1H3. The molecule has 6 heteroatoms. The van der Waals surface area contributed by atoms with Crippen molar-refractivity contribution in [1.82, 2.24) is 14.9 Å². The molecule has 0 aromatic carbocycles. The maximum Gasteiger partial charge on any atom is 0.272 e. The average Bonchev–Trinajstić information content (AvgIpc) is 3.12. The van der Waals surface area contributed by atoms with Gasteiger partial charge in [-0.2, -0.15) is 5.26 Å². The summed E-state index contributed by atoms with van der Waals surface area (Å²) in [5.41, 5.74) is 0.965. The van der Waals surface area contributed by atoms with Crippen molar-refractivity contribution in [3.8, 4) is 6.07 Å². The Hall–Kier alpha value is -1.67. The van der Waals surface area contributed by atoms with E-state index in [4.69, 9.17) is 16.9 Å². The van der Waals surface area contributed by atoms with Crippen LogP contribution in [0.2, 0.25) is 5.28 Å². The smallest absolute Gasteiger partial charge is 0.272 e. The van der Waals surface area contributed by atoms with E-state index in [1.807, 2.05) is 0 Å². The first kappa shape index (κ1) is 12.8. The number of nitrogens with zero attached hydrogens (tertiary/aromatic N) is 4. The van der Waals surface area contributed by atoms with Gasteiger partial charge in [0, 0.05) is 18.3 Å². The van der Waals surface area contributed by atoms with E-state index in [-0.39, 0.29) is 17.2 Å². The molecule has 0 saturated heterocycles. The molecule has 0 unspecified atom stereocenters. The Morgan fingerprint density at radius 1 is 1.61 bits per heavy atom. The molecule has 0 atom stereocenters. The molecule has 1 aromatic heterocycles. The molecule has 1 aromatic rings. The van der Waals surface area contributed by atoms with Crippen molar-refractivity contribution in [3.05, 3.63) is 22.7 Å². The lowest BCUT2D eigenvalue weighted by Crippen LogP contribution is -2.34. The summed E-state index contributed by atoms with van der Waals surface area (Å²) in [5, 5.41) is 8.70. The van der Waals surface area contributed by atoms with E-state index in [1.165, 1.54) is 0 Å². The highest BCUT2D eigenvalue weighted by molar-refractivity contribution is 6.28. The van der Waals surface area contributed by atoms with Crippen molar-refractivity contribution in [1.29, 1.82) is 5.26 Å². The SMILES string of the molecule is Cc1cc(C(=O)N(CCC#N)C2CC2)nc(Cl)n1. The molecule has 1 fully saturated rings. The highest BCUT2D eigenvalue weighted by atomic mass is 35.5. The normalized spacial score (nSPS) is 14.1. The van der Waals surface area contributed by atoms with Crippen molar-refractivity contribution in [2.45, 2.75) is 32.2 Å². The van der Waals surface area contributed by atoms with Gasteiger partial charge in [-0.05, 0) is 37.4 Å². The van der Waals surface area contributed by atoms with Crippen LogP contribution in [-0.4, -0.2) is 33.4 Å². The molecular weight excluding hydrogens is 252 g/mol. The van der Waals surface area contributed by atoms with Crippen molar-refractivity contribution in [2.75, 3.05) is 6.54 Å². The monoisotopic (exact) mass is 264 g/mol. The number of hydrogen-bond donors (Lipinski definition) is 0. The lowest BCUT2D eigenvalue weighted by Gasteiger charge is -2.20. The van der Waals surface area contributed by atoms with Crippen molar-refractivity contribution in [2.24, 2.45) is 0 Å². The quantitative estimate of drug-likeness (QED) is 0.780. The molecule has 1 aliphatic rings. The van der Waals surface area contributed by atoms with Gasteiger partial charge in [-0.3, -0.25) is 4.79 Å². The van der Waals surface area contributed by atoms with Crippen LogP contribution in [0.1, 0.15) is 35.4 Å². The molecule has 0 bridgehead atoms. The van der Waals surface area contributed by atoms with Crippen molar-refractivity contribution < 1.29 is 4.79 Å². The first-order valence-electron chi connectivity index (χ1n) is 5.81. The number of nitriles is 1. The minimum Gasteiger partial charge on any atom is -0.333 e.